The molecule has 0 radical (unpaired) electrons. The lowest BCUT2D eigenvalue weighted by Crippen LogP contribution is -2.32. The number of nitrogens with one attached hydrogen (secondary N) is 1. The second-order valence-electron chi connectivity index (χ2n) is 5.66. The molecule has 1 aliphatic carbocycles. The molecule has 2 rings (SSSR count). The van der Waals surface area contributed by atoms with Gasteiger partial charge in [0.25, 0.3) is 0 Å². The summed E-state index contributed by atoms with van der Waals surface area (Å²) in [7, 11) is 2.18. The third-order valence-corrected chi connectivity index (χ3v) is 4.06. The Hall–Kier alpha value is -0.930. The molecule has 3 heteroatoms. The Morgan fingerprint density at radius 2 is 2.00 bits per heavy atom. The maximum atomic E-state index is 12.9. The first-order valence-corrected chi connectivity index (χ1v) is 7.37. The van der Waals surface area contributed by atoms with Crippen LogP contribution in [0.5, 0.6) is 0 Å². The molecule has 0 bridgehead atoms. The Kier molecular flexibility index (Phi) is 5.34. The number of nitrogens with zero attached hydrogens (tertiary/aromatic N) is 1. The zero-order valence-corrected chi connectivity index (χ0v) is 12.0. The van der Waals surface area contributed by atoms with Gasteiger partial charge in [0.2, 0.25) is 0 Å². The normalized spacial score (nSPS) is 23.2. The van der Waals surface area contributed by atoms with Crippen molar-refractivity contribution in [2.45, 2.75) is 51.2 Å². The van der Waals surface area contributed by atoms with Crippen molar-refractivity contribution >= 4 is 0 Å². The highest BCUT2D eigenvalue weighted by Crippen LogP contribution is 2.24. The number of benzene rings is 1. The number of halogens is 1. The Morgan fingerprint density at radius 1 is 1.26 bits per heavy atom. The lowest BCUT2D eigenvalue weighted by Gasteiger charge is -2.24. The van der Waals surface area contributed by atoms with Crippen LogP contribution in [0.1, 0.15) is 38.2 Å². The van der Waals surface area contributed by atoms with Crippen molar-refractivity contribution in [3.63, 3.8) is 0 Å². The van der Waals surface area contributed by atoms with Crippen LogP contribution in [0.2, 0.25) is 0 Å². The van der Waals surface area contributed by atoms with Gasteiger partial charge in [0.05, 0.1) is 0 Å². The van der Waals surface area contributed by atoms with E-state index >= 15 is 0 Å². The summed E-state index contributed by atoms with van der Waals surface area (Å²) in [5.41, 5.74) is 1.19. The van der Waals surface area contributed by atoms with Crippen LogP contribution in [0.3, 0.4) is 0 Å². The number of hydrogen-bond donors (Lipinski definition) is 1. The minimum Gasteiger partial charge on any atom is -0.314 e. The molecule has 0 saturated heterocycles. The summed E-state index contributed by atoms with van der Waals surface area (Å²) in [6.45, 7) is 4.24. The summed E-state index contributed by atoms with van der Waals surface area (Å²) in [6, 6.07) is 8.19. The van der Waals surface area contributed by atoms with E-state index in [0.29, 0.717) is 12.1 Å². The quantitative estimate of drug-likeness (QED) is 0.849. The topological polar surface area (TPSA) is 15.3 Å². The summed E-state index contributed by atoms with van der Waals surface area (Å²) in [6.07, 6.45) is 4.97. The van der Waals surface area contributed by atoms with Crippen LogP contribution in [-0.2, 0) is 6.54 Å². The van der Waals surface area contributed by atoms with Crippen molar-refractivity contribution in [2.75, 3.05) is 13.6 Å². The maximum Gasteiger partial charge on any atom is 0.123 e. The van der Waals surface area contributed by atoms with Crippen LogP contribution < -0.4 is 5.32 Å². The van der Waals surface area contributed by atoms with Crippen LogP contribution in [0, 0.1) is 5.82 Å². The van der Waals surface area contributed by atoms with Gasteiger partial charge in [-0.25, -0.2) is 4.39 Å². The second kappa shape index (κ2) is 7.01. The van der Waals surface area contributed by atoms with E-state index in [9.17, 15) is 4.39 Å². The van der Waals surface area contributed by atoms with Crippen LogP contribution in [0.4, 0.5) is 4.39 Å². The Morgan fingerprint density at radius 3 is 2.68 bits per heavy atom. The summed E-state index contributed by atoms with van der Waals surface area (Å²) < 4.78 is 12.9. The predicted octanol–water partition coefficient (Wildman–Crippen LogP) is 3.18. The van der Waals surface area contributed by atoms with E-state index < -0.39 is 0 Å². The molecule has 2 atom stereocenters. The first kappa shape index (κ1) is 14.5. The molecular weight excluding hydrogens is 239 g/mol. The highest BCUT2D eigenvalue weighted by Gasteiger charge is 2.26. The van der Waals surface area contributed by atoms with Crippen LogP contribution in [-0.4, -0.2) is 30.6 Å². The molecule has 0 amide bonds. The molecular formula is C16H25FN2. The third-order valence-electron chi connectivity index (χ3n) is 4.06. The number of hydrogen-bond acceptors (Lipinski definition) is 2. The van der Waals surface area contributed by atoms with E-state index in [1.807, 2.05) is 12.1 Å². The summed E-state index contributed by atoms with van der Waals surface area (Å²) >= 11 is 0. The average Bonchev–Trinajstić information content (AvgIpc) is 2.88. The molecule has 1 aliphatic rings. The molecule has 1 fully saturated rings. The van der Waals surface area contributed by atoms with Crippen molar-refractivity contribution in [2.24, 2.45) is 0 Å². The third kappa shape index (κ3) is 4.29. The van der Waals surface area contributed by atoms with Gasteiger partial charge in [0.1, 0.15) is 5.82 Å². The first-order valence-electron chi connectivity index (χ1n) is 7.37. The Balaban J connectivity index is 1.80. The van der Waals surface area contributed by atoms with Gasteiger partial charge in [-0.05, 0) is 57.0 Å². The van der Waals surface area contributed by atoms with Gasteiger partial charge in [0.15, 0.2) is 0 Å². The van der Waals surface area contributed by atoms with Crippen molar-refractivity contribution in [3.05, 3.63) is 35.6 Å². The molecule has 0 spiro atoms. The smallest absolute Gasteiger partial charge is 0.123 e. The molecule has 0 aliphatic heterocycles. The predicted molar refractivity (Wildman–Crippen MR) is 77.6 cm³/mol. The summed E-state index contributed by atoms with van der Waals surface area (Å²) in [4.78, 5) is 2.40. The van der Waals surface area contributed by atoms with Crippen molar-refractivity contribution in [1.29, 1.82) is 0 Å². The van der Waals surface area contributed by atoms with Gasteiger partial charge in [-0.3, -0.25) is 4.90 Å². The lowest BCUT2D eigenvalue weighted by molar-refractivity contribution is 0.233. The molecule has 0 heterocycles. The van der Waals surface area contributed by atoms with Crippen molar-refractivity contribution < 1.29 is 4.39 Å². The SMILES string of the molecule is CCCNC1CCC(N(C)Cc2ccc(F)cc2)C1. The minimum absolute atomic E-state index is 0.156. The molecule has 2 unspecified atom stereocenters. The largest absolute Gasteiger partial charge is 0.314 e. The van der Waals surface area contributed by atoms with Gasteiger partial charge in [-0.2, -0.15) is 0 Å². The van der Waals surface area contributed by atoms with E-state index in [1.54, 1.807) is 12.1 Å². The second-order valence-corrected chi connectivity index (χ2v) is 5.66. The van der Waals surface area contributed by atoms with Crippen LogP contribution in [0.25, 0.3) is 0 Å². The fourth-order valence-electron chi connectivity index (χ4n) is 2.90. The molecule has 19 heavy (non-hydrogen) atoms. The molecule has 106 valence electrons. The molecule has 1 saturated carbocycles. The van der Waals surface area contributed by atoms with E-state index in [4.69, 9.17) is 0 Å². The molecule has 1 aromatic carbocycles. The van der Waals surface area contributed by atoms with E-state index in [1.165, 1.54) is 31.2 Å². The van der Waals surface area contributed by atoms with E-state index in [0.717, 1.165) is 13.1 Å². The summed E-state index contributed by atoms with van der Waals surface area (Å²) in [5, 5.41) is 3.61. The number of rotatable bonds is 6. The summed E-state index contributed by atoms with van der Waals surface area (Å²) in [5.74, 6) is -0.156. The van der Waals surface area contributed by atoms with Gasteiger partial charge in [-0.15, -0.1) is 0 Å². The standard InChI is InChI=1S/C16H25FN2/c1-3-10-18-15-8-9-16(11-15)19(2)12-13-4-6-14(17)7-5-13/h4-7,15-16,18H,3,8-12H2,1-2H3. The average molecular weight is 264 g/mol. The molecule has 1 aromatic rings. The zero-order valence-electron chi connectivity index (χ0n) is 12.0. The van der Waals surface area contributed by atoms with Gasteiger partial charge in [0, 0.05) is 18.6 Å². The Labute approximate surface area is 116 Å². The lowest BCUT2D eigenvalue weighted by atomic mass is 10.1. The maximum absolute atomic E-state index is 12.9. The van der Waals surface area contributed by atoms with Crippen LogP contribution in [0.15, 0.2) is 24.3 Å². The van der Waals surface area contributed by atoms with E-state index in [-0.39, 0.29) is 5.82 Å². The highest BCUT2D eigenvalue weighted by atomic mass is 19.1. The first-order chi connectivity index (χ1) is 9.19. The van der Waals surface area contributed by atoms with Gasteiger partial charge < -0.3 is 5.32 Å². The van der Waals surface area contributed by atoms with Crippen molar-refractivity contribution in [1.82, 2.24) is 10.2 Å². The fraction of sp³-hybridized carbons (Fsp3) is 0.625. The van der Waals surface area contributed by atoms with Crippen molar-refractivity contribution in [3.8, 4) is 0 Å². The van der Waals surface area contributed by atoms with Gasteiger partial charge >= 0.3 is 0 Å². The molecule has 2 nitrogen and oxygen atoms in total. The Bertz CT molecular complexity index is 377. The van der Waals surface area contributed by atoms with E-state index in [2.05, 4.69) is 24.2 Å². The van der Waals surface area contributed by atoms with Crippen LogP contribution >= 0.6 is 0 Å². The fourth-order valence-corrected chi connectivity index (χ4v) is 2.90. The monoisotopic (exact) mass is 264 g/mol. The minimum atomic E-state index is -0.156. The zero-order chi connectivity index (χ0) is 13.7. The highest BCUT2D eigenvalue weighted by molar-refractivity contribution is 5.16. The molecule has 0 aromatic heterocycles. The van der Waals surface area contributed by atoms with Gasteiger partial charge in [-0.1, -0.05) is 19.1 Å². The molecule has 1 N–H and O–H groups in total.